The second kappa shape index (κ2) is 10.0. The van der Waals surface area contributed by atoms with Gasteiger partial charge in [0.05, 0.1) is 18.2 Å². The van der Waals surface area contributed by atoms with Crippen molar-refractivity contribution >= 4 is 11.8 Å². The van der Waals surface area contributed by atoms with Crippen LogP contribution >= 0.6 is 0 Å². The predicted octanol–water partition coefficient (Wildman–Crippen LogP) is 1.93. The first kappa shape index (κ1) is 21.5. The largest absolute Gasteiger partial charge is 0.350 e. The van der Waals surface area contributed by atoms with Gasteiger partial charge in [0.15, 0.2) is 0 Å². The third-order valence-electron chi connectivity index (χ3n) is 6.50. The maximum Gasteiger partial charge on any atom is 0.272 e. The summed E-state index contributed by atoms with van der Waals surface area (Å²) < 4.78 is 1.76. The summed E-state index contributed by atoms with van der Waals surface area (Å²) in [6, 6.07) is 7.98. The molecule has 0 aromatic carbocycles. The maximum atomic E-state index is 12.8. The fourth-order valence-corrected chi connectivity index (χ4v) is 4.74. The van der Waals surface area contributed by atoms with E-state index in [1.165, 1.54) is 0 Å². The van der Waals surface area contributed by atoms with Gasteiger partial charge in [-0.25, -0.2) is 0 Å². The van der Waals surface area contributed by atoms with Gasteiger partial charge >= 0.3 is 0 Å². The van der Waals surface area contributed by atoms with E-state index in [4.69, 9.17) is 0 Å². The number of likely N-dealkylation sites (tertiary alicyclic amines) is 2. The lowest BCUT2D eigenvalue weighted by molar-refractivity contribution is -0.127. The fourth-order valence-electron chi connectivity index (χ4n) is 4.74. The van der Waals surface area contributed by atoms with Gasteiger partial charge < -0.3 is 10.2 Å². The Bertz CT molecular complexity index is 875. The molecule has 2 fully saturated rings. The third kappa shape index (κ3) is 5.12. The van der Waals surface area contributed by atoms with Crippen LogP contribution in [0.3, 0.4) is 0 Å². The summed E-state index contributed by atoms with van der Waals surface area (Å²) in [7, 11) is 0. The van der Waals surface area contributed by atoms with Crippen molar-refractivity contribution in [2.24, 2.45) is 5.92 Å². The van der Waals surface area contributed by atoms with E-state index >= 15 is 0 Å². The first-order chi connectivity index (χ1) is 15.2. The number of aromatic nitrogens is 3. The fraction of sp³-hybridized carbons (Fsp3) is 0.565. The minimum absolute atomic E-state index is 0.0241. The molecule has 2 amide bonds. The number of pyridine rings is 1. The molecule has 4 heterocycles. The van der Waals surface area contributed by atoms with Gasteiger partial charge in [0.1, 0.15) is 5.69 Å². The molecule has 2 aliphatic heterocycles. The molecule has 2 aliphatic rings. The Morgan fingerprint density at radius 1 is 1.10 bits per heavy atom. The van der Waals surface area contributed by atoms with E-state index in [9.17, 15) is 9.59 Å². The summed E-state index contributed by atoms with van der Waals surface area (Å²) in [5.74, 6) is 0.218. The third-order valence-corrected chi connectivity index (χ3v) is 6.50. The molecule has 0 bridgehead atoms. The highest BCUT2D eigenvalue weighted by molar-refractivity contribution is 5.92. The molecule has 8 nitrogen and oxygen atoms in total. The number of nitrogens with one attached hydrogen (secondary N) is 1. The van der Waals surface area contributed by atoms with E-state index in [2.05, 4.69) is 20.3 Å². The van der Waals surface area contributed by atoms with E-state index in [1.807, 2.05) is 30.0 Å². The lowest BCUT2D eigenvalue weighted by Gasteiger charge is -2.42. The number of amides is 2. The van der Waals surface area contributed by atoms with Crippen LogP contribution in [-0.4, -0.2) is 68.6 Å². The molecule has 31 heavy (non-hydrogen) atoms. The summed E-state index contributed by atoms with van der Waals surface area (Å²) in [5, 5.41) is 7.27. The van der Waals surface area contributed by atoms with Gasteiger partial charge in [-0.1, -0.05) is 6.07 Å². The molecule has 1 atom stereocenters. The molecule has 0 radical (unpaired) electrons. The van der Waals surface area contributed by atoms with Gasteiger partial charge in [0.25, 0.3) is 5.91 Å². The molecular weight excluding hydrogens is 392 g/mol. The van der Waals surface area contributed by atoms with Crippen molar-refractivity contribution in [3.8, 4) is 0 Å². The van der Waals surface area contributed by atoms with Crippen LogP contribution in [0.5, 0.6) is 0 Å². The normalized spacial score (nSPS) is 20.5. The van der Waals surface area contributed by atoms with Crippen LogP contribution in [0.25, 0.3) is 0 Å². The van der Waals surface area contributed by atoms with Crippen LogP contribution in [0.15, 0.2) is 36.7 Å². The number of piperidine rings is 2. The summed E-state index contributed by atoms with van der Waals surface area (Å²) in [4.78, 5) is 34.2. The smallest absolute Gasteiger partial charge is 0.272 e. The highest BCUT2D eigenvalue weighted by Crippen LogP contribution is 2.25. The average Bonchev–Trinajstić information content (AvgIpc) is 3.32. The first-order valence-electron chi connectivity index (χ1n) is 11.4. The minimum Gasteiger partial charge on any atom is -0.350 e. The van der Waals surface area contributed by atoms with Gasteiger partial charge in [-0.15, -0.1) is 0 Å². The average molecular weight is 425 g/mol. The van der Waals surface area contributed by atoms with E-state index in [1.54, 1.807) is 23.1 Å². The number of aryl methyl sites for hydroxylation is 1. The lowest BCUT2D eigenvalue weighted by atomic mass is 9.93. The molecule has 0 saturated carbocycles. The van der Waals surface area contributed by atoms with Gasteiger partial charge in [0, 0.05) is 44.6 Å². The van der Waals surface area contributed by atoms with Crippen LogP contribution in [0, 0.1) is 5.92 Å². The number of carbonyl (C=O) groups is 2. The molecule has 0 aliphatic carbocycles. The standard InChI is InChI=1S/C23H32N6O2/c1-2-29-21(8-12-26-29)23(31)27-14-9-20(10-15-27)28-13-5-6-18(17-28)22(30)25-16-19-7-3-4-11-24-19/h3-4,7-8,11-12,18,20H,2,5-6,9-10,13-17H2,1H3,(H,25,30)/t18-/m0/s1. The van der Waals surface area contributed by atoms with Crippen LogP contribution in [0.2, 0.25) is 0 Å². The molecule has 166 valence electrons. The maximum absolute atomic E-state index is 12.8. The number of hydrogen-bond acceptors (Lipinski definition) is 5. The van der Waals surface area contributed by atoms with Crippen LogP contribution in [0.4, 0.5) is 0 Å². The molecule has 0 spiro atoms. The van der Waals surface area contributed by atoms with Crippen LogP contribution < -0.4 is 5.32 Å². The van der Waals surface area contributed by atoms with E-state index < -0.39 is 0 Å². The Labute approximate surface area is 183 Å². The Hall–Kier alpha value is -2.74. The first-order valence-corrected chi connectivity index (χ1v) is 11.4. The van der Waals surface area contributed by atoms with Crippen molar-refractivity contribution in [3.05, 3.63) is 48.0 Å². The van der Waals surface area contributed by atoms with Crippen molar-refractivity contribution in [3.63, 3.8) is 0 Å². The summed E-state index contributed by atoms with van der Waals surface area (Å²) in [6.45, 7) is 6.51. The van der Waals surface area contributed by atoms with E-state index in [0.717, 1.165) is 57.6 Å². The monoisotopic (exact) mass is 424 g/mol. The number of carbonyl (C=O) groups excluding carboxylic acids is 2. The highest BCUT2D eigenvalue weighted by atomic mass is 16.2. The van der Waals surface area contributed by atoms with Gasteiger partial charge in [0.2, 0.25) is 5.91 Å². The number of hydrogen-bond donors (Lipinski definition) is 1. The van der Waals surface area contributed by atoms with Gasteiger partial charge in [-0.3, -0.25) is 24.2 Å². The van der Waals surface area contributed by atoms with Gasteiger partial charge in [-0.05, 0) is 57.4 Å². The Morgan fingerprint density at radius 2 is 1.94 bits per heavy atom. The number of nitrogens with zero attached hydrogens (tertiary/aromatic N) is 5. The zero-order chi connectivity index (χ0) is 21.6. The molecule has 8 heteroatoms. The minimum atomic E-state index is 0.0241. The van der Waals surface area contributed by atoms with E-state index in [-0.39, 0.29) is 17.7 Å². The van der Waals surface area contributed by atoms with Crippen molar-refractivity contribution in [2.45, 2.75) is 51.7 Å². The molecule has 0 unspecified atom stereocenters. The SMILES string of the molecule is CCn1nccc1C(=O)N1CCC(N2CCC[C@H](C(=O)NCc3ccccn3)C2)CC1. The quantitative estimate of drug-likeness (QED) is 0.766. The van der Waals surface area contributed by atoms with E-state index in [0.29, 0.717) is 24.8 Å². The number of rotatable bonds is 6. The lowest BCUT2D eigenvalue weighted by Crippen LogP contribution is -2.51. The molecule has 4 rings (SSSR count). The molecule has 2 saturated heterocycles. The second-order valence-corrected chi connectivity index (χ2v) is 8.43. The highest BCUT2D eigenvalue weighted by Gasteiger charge is 2.33. The molecular formula is C23H32N6O2. The Kier molecular flexibility index (Phi) is 6.96. The Balaban J connectivity index is 1.26. The molecule has 2 aromatic heterocycles. The molecule has 2 aromatic rings. The van der Waals surface area contributed by atoms with Crippen molar-refractivity contribution in [2.75, 3.05) is 26.2 Å². The zero-order valence-electron chi connectivity index (χ0n) is 18.2. The topological polar surface area (TPSA) is 83.4 Å². The Morgan fingerprint density at radius 3 is 2.68 bits per heavy atom. The van der Waals surface area contributed by atoms with Crippen LogP contribution in [-0.2, 0) is 17.9 Å². The summed E-state index contributed by atoms with van der Waals surface area (Å²) in [6.07, 6.45) is 7.31. The predicted molar refractivity (Wildman–Crippen MR) is 117 cm³/mol. The van der Waals surface area contributed by atoms with Crippen LogP contribution in [0.1, 0.15) is 48.8 Å². The van der Waals surface area contributed by atoms with Crippen molar-refractivity contribution in [1.29, 1.82) is 0 Å². The van der Waals surface area contributed by atoms with Crippen molar-refractivity contribution in [1.82, 2.24) is 29.9 Å². The second-order valence-electron chi connectivity index (χ2n) is 8.43. The summed E-state index contributed by atoms with van der Waals surface area (Å²) >= 11 is 0. The van der Waals surface area contributed by atoms with Gasteiger partial charge in [-0.2, -0.15) is 5.10 Å². The van der Waals surface area contributed by atoms with Crippen molar-refractivity contribution < 1.29 is 9.59 Å². The molecule has 1 N–H and O–H groups in total. The summed E-state index contributed by atoms with van der Waals surface area (Å²) in [5.41, 5.74) is 1.55. The zero-order valence-corrected chi connectivity index (χ0v) is 18.2.